The Hall–Kier alpha value is -2.53. The Morgan fingerprint density at radius 3 is 2.28 bits per heavy atom. The first kappa shape index (κ1) is 19.8. The number of amides is 1. The number of anilines is 1. The molecule has 1 aliphatic carbocycles. The molecule has 1 saturated heterocycles. The van der Waals surface area contributed by atoms with Gasteiger partial charge in [0.05, 0.1) is 12.6 Å². The van der Waals surface area contributed by atoms with Crippen LogP contribution in [0.25, 0.3) is 0 Å². The SMILES string of the molecule is O=C(CN1CCN(c2ccc(O)cc2)CC1)NC(c1ccccc1)C1CCCC1. The van der Waals surface area contributed by atoms with E-state index in [1.54, 1.807) is 12.1 Å². The first-order valence-corrected chi connectivity index (χ1v) is 10.8. The summed E-state index contributed by atoms with van der Waals surface area (Å²) >= 11 is 0. The van der Waals surface area contributed by atoms with Crippen molar-refractivity contribution in [2.75, 3.05) is 37.6 Å². The lowest BCUT2D eigenvalue weighted by atomic mass is 9.91. The summed E-state index contributed by atoms with van der Waals surface area (Å²) in [5.74, 6) is 0.968. The summed E-state index contributed by atoms with van der Waals surface area (Å²) in [7, 11) is 0. The van der Waals surface area contributed by atoms with Crippen LogP contribution in [0.5, 0.6) is 5.75 Å². The maximum absolute atomic E-state index is 12.8. The smallest absolute Gasteiger partial charge is 0.234 e. The molecule has 2 fully saturated rings. The van der Waals surface area contributed by atoms with Crippen LogP contribution in [0.3, 0.4) is 0 Å². The van der Waals surface area contributed by atoms with E-state index in [9.17, 15) is 9.90 Å². The number of nitrogens with zero attached hydrogens (tertiary/aromatic N) is 2. The molecule has 4 rings (SSSR count). The maximum atomic E-state index is 12.8. The van der Waals surface area contributed by atoms with Crippen LogP contribution in [0.15, 0.2) is 54.6 Å². The second-order valence-corrected chi connectivity index (χ2v) is 8.28. The average Bonchev–Trinajstić information content (AvgIpc) is 3.28. The van der Waals surface area contributed by atoms with Crippen LogP contribution in [0.1, 0.15) is 37.3 Å². The summed E-state index contributed by atoms with van der Waals surface area (Å²) in [5, 5.41) is 12.8. The normalized spacial score (nSPS) is 19.2. The number of rotatable bonds is 6. The van der Waals surface area contributed by atoms with Gasteiger partial charge in [-0.25, -0.2) is 0 Å². The van der Waals surface area contributed by atoms with Crippen LogP contribution in [0.2, 0.25) is 0 Å². The number of hydrogen-bond donors (Lipinski definition) is 2. The standard InChI is InChI=1S/C24H31N3O2/c28-22-12-10-21(11-13-22)27-16-14-26(15-17-27)18-23(29)25-24(20-8-4-5-9-20)19-6-2-1-3-7-19/h1-3,6-7,10-13,20,24,28H,4-5,8-9,14-18H2,(H,25,29). The van der Waals surface area contributed by atoms with Crippen molar-refractivity contribution in [3.05, 3.63) is 60.2 Å². The first-order valence-electron chi connectivity index (χ1n) is 10.8. The number of benzene rings is 2. The van der Waals surface area contributed by atoms with E-state index in [-0.39, 0.29) is 11.9 Å². The molecule has 0 aromatic heterocycles. The second-order valence-electron chi connectivity index (χ2n) is 8.28. The Labute approximate surface area is 173 Å². The molecular formula is C24H31N3O2. The molecule has 1 saturated carbocycles. The maximum Gasteiger partial charge on any atom is 0.234 e. The average molecular weight is 394 g/mol. The minimum absolute atomic E-state index is 0.129. The third kappa shape index (κ3) is 5.10. The third-order valence-electron chi connectivity index (χ3n) is 6.30. The Kier molecular flexibility index (Phi) is 6.35. The van der Waals surface area contributed by atoms with Crippen LogP contribution in [-0.4, -0.2) is 48.6 Å². The molecule has 154 valence electrons. The summed E-state index contributed by atoms with van der Waals surface area (Å²) < 4.78 is 0. The van der Waals surface area contributed by atoms with Crippen LogP contribution in [0, 0.1) is 5.92 Å². The number of carbonyl (C=O) groups is 1. The number of phenolic OH excluding ortho intramolecular Hbond substituents is 1. The molecule has 29 heavy (non-hydrogen) atoms. The van der Waals surface area contributed by atoms with Crippen LogP contribution in [-0.2, 0) is 4.79 Å². The fraction of sp³-hybridized carbons (Fsp3) is 0.458. The number of phenols is 1. The number of carbonyl (C=O) groups excluding carboxylic acids is 1. The quantitative estimate of drug-likeness (QED) is 0.788. The molecule has 1 amide bonds. The van der Waals surface area contributed by atoms with Crippen molar-refractivity contribution in [3.8, 4) is 5.75 Å². The highest BCUT2D eigenvalue weighted by molar-refractivity contribution is 5.78. The van der Waals surface area contributed by atoms with Crippen molar-refractivity contribution < 1.29 is 9.90 Å². The monoisotopic (exact) mass is 393 g/mol. The molecule has 1 unspecified atom stereocenters. The van der Waals surface area contributed by atoms with Crippen molar-refractivity contribution in [1.82, 2.24) is 10.2 Å². The van der Waals surface area contributed by atoms with Crippen molar-refractivity contribution in [2.45, 2.75) is 31.7 Å². The summed E-state index contributed by atoms with van der Waals surface area (Å²) in [5.41, 5.74) is 2.35. The van der Waals surface area contributed by atoms with E-state index in [1.807, 2.05) is 18.2 Å². The van der Waals surface area contributed by atoms with Gasteiger partial charge in [0, 0.05) is 31.9 Å². The van der Waals surface area contributed by atoms with Gasteiger partial charge in [-0.3, -0.25) is 9.69 Å². The molecule has 2 aliphatic rings. The van der Waals surface area contributed by atoms with E-state index in [1.165, 1.54) is 31.2 Å². The van der Waals surface area contributed by atoms with Gasteiger partial charge in [0.2, 0.25) is 5.91 Å². The van der Waals surface area contributed by atoms with E-state index in [2.05, 4.69) is 39.4 Å². The molecule has 0 bridgehead atoms. The molecule has 1 heterocycles. The van der Waals surface area contributed by atoms with Gasteiger partial charge in [-0.1, -0.05) is 43.2 Å². The molecule has 1 atom stereocenters. The number of piperazine rings is 1. The van der Waals surface area contributed by atoms with Crippen molar-refractivity contribution in [3.63, 3.8) is 0 Å². The molecular weight excluding hydrogens is 362 g/mol. The molecule has 2 aromatic carbocycles. The Bertz CT molecular complexity index is 780. The van der Waals surface area contributed by atoms with Gasteiger partial charge in [0.1, 0.15) is 5.75 Å². The highest BCUT2D eigenvalue weighted by atomic mass is 16.3. The second kappa shape index (κ2) is 9.31. The molecule has 5 heteroatoms. The van der Waals surface area contributed by atoms with Gasteiger partial charge in [-0.05, 0) is 48.6 Å². The van der Waals surface area contributed by atoms with Crippen LogP contribution in [0.4, 0.5) is 5.69 Å². The Balaban J connectivity index is 1.31. The summed E-state index contributed by atoms with van der Waals surface area (Å²) in [4.78, 5) is 17.4. The summed E-state index contributed by atoms with van der Waals surface area (Å²) in [6.07, 6.45) is 4.93. The lowest BCUT2D eigenvalue weighted by Gasteiger charge is -2.36. The molecule has 0 radical (unpaired) electrons. The molecule has 2 aromatic rings. The van der Waals surface area contributed by atoms with Gasteiger partial charge in [-0.2, -0.15) is 0 Å². The van der Waals surface area contributed by atoms with Gasteiger partial charge >= 0.3 is 0 Å². The van der Waals surface area contributed by atoms with Crippen molar-refractivity contribution in [2.24, 2.45) is 5.92 Å². The minimum Gasteiger partial charge on any atom is -0.508 e. The van der Waals surface area contributed by atoms with Crippen molar-refractivity contribution >= 4 is 11.6 Å². The van der Waals surface area contributed by atoms with Gasteiger partial charge in [0.15, 0.2) is 0 Å². The highest BCUT2D eigenvalue weighted by Crippen LogP contribution is 2.35. The predicted octanol–water partition coefficient (Wildman–Crippen LogP) is 3.56. The molecule has 5 nitrogen and oxygen atoms in total. The van der Waals surface area contributed by atoms with Gasteiger partial charge in [0.25, 0.3) is 0 Å². The first-order chi connectivity index (χ1) is 14.2. The minimum atomic E-state index is 0.129. The third-order valence-corrected chi connectivity index (χ3v) is 6.30. The van der Waals surface area contributed by atoms with Crippen LogP contribution >= 0.6 is 0 Å². The zero-order chi connectivity index (χ0) is 20.1. The van der Waals surface area contributed by atoms with Gasteiger partial charge < -0.3 is 15.3 Å². The fourth-order valence-electron chi connectivity index (χ4n) is 4.67. The molecule has 0 spiro atoms. The Morgan fingerprint density at radius 1 is 0.966 bits per heavy atom. The van der Waals surface area contributed by atoms with E-state index in [0.717, 1.165) is 31.9 Å². The zero-order valence-corrected chi connectivity index (χ0v) is 17.0. The van der Waals surface area contributed by atoms with Crippen molar-refractivity contribution in [1.29, 1.82) is 0 Å². The molecule has 2 N–H and O–H groups in total. The van der Waals surface area contributed by atoms with E-state index < -0.39 is 0 Å². The fourth-order valence-corrected chi connectivity index (χ4v) is 4.67. The topological polar surface area (TPSA) is 55.8 Å². The lowest BCUT2D eigenvalue weighted by Crippen LogP contribution is -2.50. The largest absolute Gasteiger partial charge is 0.508 e. The zero-order valence-electron chi connectivity index (χ0n) is 17.0. The number of nitrogens with one attached hydrogen (secondary N) is 1. The van der Waals surface area contributed by atoms with E-state index >= 15 is 0 Å². The highest BCUT2D eigenvalue weighted by Gasteiger charge is 2.28. The molecule has 1 aliphatic heterocycles. The Morgan fingerprint density at radius 2 is 1.62 bits per heavy atom. The lowest BCUT2D eigenvalue weighted by molar-refractivity contribution is -0.123. The van der Waals surface area contributed by atoms with Crippen LogP contribution < -0.4 is 10.2 Å². The van der Waals surface area contributed by atoms with Gasteiger partial charge in [-0.15, -0.1) is 0 Å². The van der Waals surface area contributed by atoms with E-state index in [4.69, 9.17) is 0 Å². The number of hydrogen-bond acceptors (Lipinski definition) is 4. The van der Waals surface area contributed by atoms with E-state index in [0.29, 0.717) is 18.2 Å². The predicted molar refractivity (Wildman–Crippen MR) is 116 cm³/mol. The number of aromatic hydroxyl groups is 1. The summed E-state index contributed by atoms with van der Waals surface area (Å²) in [6.45, 7) is 3.98. The summed E-state index contributed by atoms with van der Waals surface area (Å²) in [6, 6.07) is 17.9.